The molecule has 4 N–H and O–H groups in total. The minimum absolute atomic E-state index is 0.0764. The van der Waals surface area contributed by atoms with Gasteiger partial charge in [-0.25, -0.2) is 0 Å². The lowest BCUT2D eigenvalue weighted by Gasteiger charge is -2.35. The molecule has 3 rings (SSSR count). The van der Waals surface area contributed by atoms with Gasteiger partial charge in [-0.1, -0.05) is 51.8 Å². The average molecular weight is 417 g/mol. The molecular weight excluding hydrogens is 376 g/mol. The van der Waals surface area contributed by atoms with Crippen LogP contribution in [-0.2, 0) is 16.0 Å². The molecule has 1 heterocycles. The van der Waals surface area contributed by atoms with E-state index in [0.29, 0.717) is 31.0 Å². The molecule has 1 aliphatic heterocycles. The Balaban J connectivity index is 1.38. The van der Waals surface area contributed by atoms with Crippen molar-refractivity contribution in [1.82, 2.24) is 5.32 Å². The second-order valence-corrected chi connectivity index (χ2v) is 9.35. The number of para-hydroxylation sites is 1. The Morgan fingerprint density at radius 3 is 2.27 bits per heavy atom. The van der Waals surface area contributed by atoms with Gasteiger partial charge in [-0.2, -0.15) is 0 Å². The SMILES string of the molecule is CCc1ccccc1NC(=O)C[NH+]1CC[NH+](CC(=O)N[C@@H]2CCC[C@@H](C)[C@@H]2C)CC1. The van der Waals surface area contributed by atoms with E-state index < -0.39 is 0 Å². The van der Waals surface area contributed by atoms with E-state index in [1.807, 2.05) is 18.2 Å². The van der Waals surface area contributed by atoms with E-state index in [1.165, 1.54) is 28.2 Å². The molecule has 1 aromatic rings. The maximum Gasteiger partial charge on any atom is 0.279 e. The quantitative estimate of drug-likeness (QED) is 0.502. The first-order valence-corrected chi connectivity index (χ1v) is 11.8. The van der Waals surface area contributed by atoms with E-state index in [0.717, 1.165) is 44.7 Å². The Labute approximate surface area is 181 Å². The predicted molar refractivity (Wildman–Crippen MR) is 120 cm³/mol. The minimum atomic E-state index is 0.0764. The Morgan fingerprint density at radius 1 is 0.967 bits per heavy atom. The van der Waals surface area contributed by atoms with Gasteiger partial charge < -0.3 is 20.4 Å². The highest BCUT2D eigenvalue weighted by molar-refractivity contribution is 5.92. The summed E-state index contributed by atoms with van der Waals surface area (Å²) in [4.78, 5) is 27.7. The highest BCUT2D eigenvalue weighted by Crippen LogP contribution is 2.29. The summed E-state index contributed by atoms with van der Waals surface area (Å²) in [6.07, 6.45) is 4.52. The molecule has 2 aliphatic rings. The first-order chi connectivity index (χ1) is 14.5. The summed E-state index contributed by atoms with van der Waals surface area (Å²) in [5.74, 6) is 1.52. The largest absolute Gasteiger partial charge is 0.348 e. The lowest BCUT2D eigenvalue weighted by atomic mass is 9.78. The molecule has 0 aromatic heterocycles. The van der Waals surface area contributed by atoms with E-state index in [2.05, 4.69) is 37.5 Å². The van der Waals surface area contributed by atoms with Gasteiger partial charge >= 0.3 is 0 Å². The first-order valence-electron chi connectivity index (χ1n) is 11.8. The van der Waals surface area contributed by atoms with Crippen molar-refractivity contribution in [2.45, 2.75) is 52.5 Å². The van der Waals surface area contributed by atoms with Crippen LogP contribution in [0, 0.1) is 11.8 Å². The smallest absolute Gasteiger partial charge is 0.279 e. The molecule has 6 heteroatoms. The van der Waals surface area contributed by atoms with Crippen molar-refractivity contribution in [3.8, 4) is 0 Å². The number of piperazine rings is 1. The molecule has 0 radical (unpaired) electrons. The van der Waals surface area contributed by atoms with Gasteiger partial charge in [-0.15, -0.1) is 0 Å². The molecule has 0 unspecified atom stereocenters. The Morgan fingerprint density at radius 2 is 1.60 bits per heavy atom. The zero-order chi connectivity index (χ0) is 21.5. The lowest BCUT2D eigenvalue weighted by molar-refractivity contribution is -1.00. The zero-order valence-electron chi connectivity index (χ0n) is 18.9. The number of carbonyl (C=O) groups excluding carboxylic acids is 2. The Kier molecular flexibility index (Phi) is 8.28. The second-order valence-electron chi connectivity index (χ2n) is 9.35. The number of anilines is 1. The van der Waals surface area contributed by atoms with Crippen LogP contribution in [0.2, 0.25) is 0 Å². The third-order valence-electron chi connectivity index (χ3n) is 7.21. The standard InChI is InChI=1S/C24H38N4O2/c1-4-20-9-5-6-10-22(20)26-24(30)17-28-14-12-27(13-15-28)16-23(29)25-21-11-7-8-18(2)19(21)3/h5-6,9-10,18-19,21H,4,7-8,11-17H2,1-3H3,(H,25,29)(H,26,30)/p+2/t18-,19+,21-/m1/s1. The topological polar surface area (TPSA) is 67.1 Å². The molecule has 0 bridgehead atoms. The number of quaternary nitrogens is 2. The molecule has 6 nitrogen and oxygen atoms in total. The van der Waals surface area contributed by atoms with Crippen molar-refractivity contribution in [2.24, 2.45) is 11.8 Å². The third-order valence-corrected chi connectivity index (χ3v) is 7.21. The molecule has 166 valence electrons. The number of rotatable bonds is 7. The number of nitrogens with one attached hydrogen (secondary N) is 4. The summed E-state index contributed by atoms with van der Waals surface area (Å²) in [5.41, 5.74) is 2.10. The third kappa shape index (κ3) is 6.29. The van der Waals surface area contributed by atoms with Crippen LogP contribution in [-0.4, -0.2) is 57.1 Å². The maximum absolute atomic E-state index is 12.6. The van der Waals surface area contributed by atoms with Gasteiger partial charge in [0.25, 0.3) is 11.8 Å². The number of carbonyl (C=O) groups is 2. The van der Waals surface area contributed by atoms with Gasteiger partial charge in [0.15, 0.2) is 13.1 Å². The molecule has 1 aromatic carbocycles. The lowest BCUT2D eigenvalue weighted by Crippen LogP contribution is -3.28. The van der Waals surface area contributed by atoms with Crippen molar-refractivity contribution in [2.75, 3.05) is 44.6 Å². The van der Waals surface area contributed by atoms with Crippen LogP contribution >= 0.6 is 0 Å². The number of benzene rings is 1. The summed E-state index contributed by atoms with van der Waals surface area (Å²) >= 11 is 0. The molecular formula is C24H40N4O2+2. The molecule has 1 saturated carbocycles. The van der Waals surface area contributed by atoms with E-state index >= 15 is 0 Å². The maximum atomic E-state index is 12.6. The van der Waals surface area contributed by atoms with Crippen LogP contribution in [0.5, 0.6) is 0 Å². The zero-order valence-corrected chi connectivity index (χ0v) is 18.9. The van der Waals surface area contributed by atoms with Crippen LogP contribution in [0.1, 0.15) is 45.6 Å². The average Bonchev–Trinajstić information content (AvgIpc) is 2.73. The number of hydrogen-bond donors (Lipinski definition) is 4. The fourth-order valence-electron chi connectivity index (χ4n) is 4.95. The van der Waals surface area contributed by atoms with E-state index in [1.54, 1.807) is 0 Å². The number of amides is 2. The fourth-order valence-corrected chi connectivity index (χ4v) is 4.95. The van der Waals surface area contributed by atoms with Crippen LogP contribution in [0.4, 0.5) is 5.69 Å². The number of aryl methyl sites for hydroxylation is 1. The van der Waals surface area contributed by atoms with E-state index in [9.17, 15) is 9.59 Å². The van der Waals surface area contributed by atoms with Crippen LogP contribution in [0.15, 0.2) is 24.3 Å². The molecule has 2 amide bonds. The van der Waals surface area contributed by atoms with Crippen LogP contribution in [0.3, 0.4) is 0 Å². The van der Waals surface area contributed by atoms with Gasteiger partial charge in [0.1, 0.15) is 26.2 Å². The van der Waals surface area contributed by atoms with Gasteiger partial charge in [0.05, 0.1) is 0 Å². The monoisotopic (exact) mass is 416 g/mol. The van der Waals surface area contributed by atoms with Gasteiger partial charge in [0, 0.05) is 11.7 Å². The van der Waals surface area contributed by atoms with Crippen molar-refractivity contribution < 1.29 is 19.4 Å². The summed E-state index contributed by atoms with van der Waals surface area (Å²) in [6.45, 7) is 11.5. The van der Waals surface area contributed by atoms with Crippen molar-refractivity contribution in [1.29, 1.82) is 0 Å². The second kappa shape index (κ2) is 10.9. The highest BCUT2D eigenvalue weighted by atomic mass is 16.2. The molecule has 0 spiro atoms. The minimum Gasteiger partial charge on any atom is -0.348 e. The Hall–Kier alpha value is -1.92. The Bertz CT molecular complexity index is 715. The van der Waals surface area contributed by atoms with Crippen molar-refractivity contribution in [3.63, 3.8) is 0 Å². The fraction of sp³-hybridized carbons (Fsp3) is 0.667. The van der Waals surface area contributed by atoms with Crippen molar-refractivity contribution in [3.05, 3.63) is 29.8 Å². The van der Waals surface area contributed by atoms with E-state index in [4.69, 9.17) is 0 Å². The van der Waals surface area contributed by atoms with Gasteiger partial charge in [-0.05, 0) is 36.3 Å². The molecule has 1 saturated heterocycles. The molecule has 3 atom stereocenters. The summed E-state index contributed by atoms with van der Waals surface area (Å²) in [6, 6.07) is 8.34. The predicted octanol–water partition coefficient (Wildman–Crippen LogP) is -0.0882. The highest BCUT2D eigenvalue weighted by Gasteiger charge is 2.30. The molecule has 1 aliphatic carbocycles. The first kappa shape index (κ1) is 22.8. The molecule has 2 fully saturated rings. The van der Waals surface area contributed by atoms with Gasteiger partial charge in [0.2, 0.25) is 0 Å². The van der Waals surface area contributed by atoms with Crippen LogP contribution < -0.4 is 20.4 Å². The summed E-state index contributed by atoms with van der Waals surface area (Å²) in [5, 5.41) is 6.37. The number of hydrogen-bond acceptors (Lipinski definition) is 2. The van der Waals surface area contributed by atoms with Gasteiger partial charge in [-0.3, -0.25) is 9.59 Å². The van der Waals surface area contributed by atoms with Crippen molar-refractivity contribution >= 4 is 17.5 Å². The van der Waals surface area contributed by atoms with E-state index in [-0.39, 0.29) is 11.8 Å². The normalized spacial score (nSPS) is 29.2. The summed E-state index contributed by atoms with van der Waals surface area (Å²) < 4.78 is 0. The molecule has 30 heavy (non-hydrogen) atoms. The van der Waals surface area contributed by atoms with Crippen LogP contribution in [0.25, 0.3) is 0 Å². The summed E-state index contributed by atoms with van der Waals surface area (Å²) in [7, 11) is 0.